The number of hydrogen-bond acceptors (Lipinski definition) is 5. The van der Waals surface area contributed by atoms with Crippen LogP contribution in [0.15, 0.2) is 48.7 Å². The van der Waals surface area contributed by atoms with E-state index in [0.717, 1.165) is 72.3 Å². The van der Waals surface area contributed by atoms with E-state index in [0.29, 0.717) is 11.6 Å². The summed E-state index contributed by atoms with van der Waals surface area (Å²) in [4.78, 5) is 20.1. The van der Waals surface area contributed by atoms with Gasteiger partial charge in [0.2, 0.25) is 0 Å². The molecule has 2 heterocycles. The summed E-state index contributed by atoms with van der Waals surface area (Å²) in [6.45, 7) is 0.262. The lowest BCUT2D eigenvalue weighted by atomic mass is 9.93. The van der Waals surface area contributed by atoms with Gasteiger partial charge in [-0.3, -0.25) is 4.79 Å². The number of carbonyl (C=O) groups is 1. The van der Waals surface area contributed by atoms with Crippen molar-refractivity contribution in [2.75, 3.05) is 12.8 Å². The van der Waals surface area contributed by atoms with Crippen LogP contribution >= 0.6 is 22.9 Å². The van der Waals surface area contributed by atoms with Gasteiger partial charge in [0.05, 0.1) is 22.2 Å². The summed E-state index contributed by atoms with van der Waals surface area (Å²) in [6, 6.07) is 11.5. The number of nitrogens with zero attached hydrogens (tertiary/aromatic N) is 2. The fourth-order valence-corrected chi connectivity index (χ4v) is 6.47. The van der Waals surface area contributed by atoms with Crippen molar-refractivity contribution in [3.63, 3.8) is 0 Å². The van der Waals surface area contributed by atoms with Gasteiger partial charge in [0.15, 0.2) is 0 Å². The van der Waals surface area contributed by atoms with Gasteiger partial charge < -0.3 is 15.4 Å². The van der Waals surface area contributed by atoms with Crippen molar-refractivity contribution in [2.45, 2.75) is 44.7 Å². The molecule has 37 heavy (non-hydrogen) atoms. The van der Waals surface area contributed by atoms with Gasteiger partial charge in [-0.15, -0.1) is 11.3 Å². The molecule has 5 nitrogen and oxygen atoms in total. The molecule has 1 saturated carbocycles. The Morgan fingerprint density at radius 2 is 1.84 bits per heavy atom. The molecular weight excluding hydrogens is 516 g/mol. The number of thiophene rings is 1. The molecule has 1 aliphatic carbocycles. The largest absolute Gasteiger partial charge is 0.496 e. The van der Waals surface area contributed by atoms with E-state index in [1.165, 1.54) is 0 Å². The highest BCUT2D eigenvalue weighted by atomic mass is 35.5. The van der Waals surface area contributed by atoms with E-state index in [1.54, 1.807) is 24.3 Å². The fourth-order valence-electron chi connectivity index (χ4n) is 4.97. The van der Waals surface area contributed by atoms with E-state index < -0.39 is 11.6 Å². The third kappa shape index (κ3) is 5.00. The average molecular weight is 542 g/mol. The van der Waals surface area contributed by atoms with Crippen molar-refractivity contribution in [2.24, 2.45) is 0 Å². The first-order valence-electron chi connectivity index (χ1n) is 12.1. The summed E-state index contributed by atoms with van der Waals surface area (Å²) in [6.07, 6.45) is 6.52. The molecule has 0 atom stereocenters. The predicted octanol–water partition coefficient (Wildman–Crippen LogP) is 7.46. The Labute approximate surface area is 222 Å². The van der Waals surface area contributed by atoms with E-state index in [4.69, 9.17) is 22.1 Å². The zero-order chi connectivity index (χ0) is 26.1. The van der Waals surface area contributed by atoms with Gasteiger partial charge in [-0.2, -0.15) is 0 Å². The number of hydrogen-bond donors (Lipinski definition) is 1. The Morgan fingerprint density at radius 3 is 2.51 bits per heavy atom. The standard InChI is InChI=1S/C28H26ClF2N3O2S/c1-36-22-11-7-16(17-8-12-23(32)33-14-17)13-18(22)15-34(19-5-3-2-4-6-19)28(35)27-25(29)24-20(30)9-10-21(31)26(24)37-27/h7-14,19H,2-6,15H2,1H3,(H2,32,33). The van der Waals surface area contributed by atoms with Crippen LogP contribution in [0.4, 0.5) is 14.6 Å². The van der Waals surface area contributed by atoms with Crippen molar-refractivity contribution < 1.29 is 18.3 Å². The second-order valence-electron chi connectivity index (χ2n) is 9.20. The molecule has 0 unspecified atom stereocenters. The summed E-state index contributed by atoms with van der Waals surface area (Å²) in [5, 5.41) is -0.0921. The Balaban J connectivity index is 1.56. The highest BCUT2D eigenvalue weighted by molar-refractivity contribution is 7.21. The Morgan fingerprint density at radius 1 is 1.11 bits per heavy atom. The molecule has 9 heteroatoms. The van der Waals surface area contributed by atoms with Gasteiger partial charge in [0.1, 0.15) is 28.1 Å². The predicted molar refractivity (Wildman–Crippen MR) is 144 cm³/mol. The molecule has 1 fully saturated rings. The lowest BCUT2D eigenvalue weighted by Gasteiger charge is -2.34. The first-order valence-corrected chi connectivity index (χ1v) is 13.3. The molecule has 0 radical (unpaired) electrons. The number of halogens is 3. The highest BCUT2D eigenvalue weighted by Gasteiger charge is 2.31. The van der Waals surface area contributed by atoms with Gasteiger partial charge in [-0.25, -0.2) is 13.8 Å². The van der Waals surface area contributed by atoms with Crippen molar-refractivity contribution in [3.05, 3.63) is 75.8 Å². The summed E-state index contributed by atoms with van der Waals surface area (Å²) in [5.74, 6) is -0.510. The number of aromatic nitrogens is 1. The zero-order valence-electron chi connectivity index (χ0n) is 20.3. The molecule has 2 aromatic heterocycles. The van der Waals surface area contributed by atoms with Crippen molar-refractivity contribution in [1.29, 1.82) is 0 Å². The van der Waals surface area contributed by atoms with E-state index in [-0.39, 0.29) is 38.5 Å². The average Bonchev–Trinajstić information content (AvgIpc) is 3.28. The Bertz CT molecular complexity index is 1450. The third-order valence-electron chi connectivity index (χ3n) is 6.89. The summed E-state index contributed by atoms with van der Waals surface area (Å²) < 4.78 is 34.7. The smallest absolute Gasteiger partial charge is 0.266 e. The van der Waals surface area contributed by atoms with Crippen molar-refractivity contribution >= 4 is 44.7 Å². The summed E-state index contributed by atoms with van der Waals surface area (Å²) in [5.41, 5.74) is 8.34. The van der Waals surface area contributed by atoms with E-state index in [2.05, 4.69) is 4.98 Å². The number of benzene rings is 2. The molecule has 4 aromatic rings. The molecule has 2 aromatic carbocycles. The second kappa shape index (κ2) is 10.6. The molecule has 2 N–H and O–H groups in total. The van der Waals surface area contributed by atoms with Crippen molar-refractivity contribution in [1.82, 2.24) is 9.88 Å². The maximum Gasteiger partial charge on any atom is 0.266 e. The number of carbonyl (C=O) groups excluding carboxylic acids is 1. The number of nitrogen functional groups attached to an aromatic ring is 1. The van der Waals surface area contributed by atoms with Gasteiger partial charge in [0.25, 0.3) is 5.91 Å². The van der Waals surface area contributed by atoms with Crippen LogP contribution in [0.2, 0.25) is 5.02 Å². The fraction of sp³-hybridized carbons (Fsp3) is 0.286. The molecular formula is C28H26ClF2N3O2S. The number of methoxy groups -OCH3 is 1. The molecule has 192 valence electrons. The lowest BCUT2D eigenvalue weighted by molar-refractivity contribution is 0.0618. The van der Waals surface area contributed by atoms with E-state index >= 15 is 0 Å². The van der Waals surface area contributed by atoms with Crippen molar-refractivity contribution in [3.8, 4) is 16.9 Å². The van der Waals surface area contributed by atoms with Gasteiger partial charge in [-0.05, 0) is 54.8 Å². The normalized spacial score (nSPS) is 14.2. The molecule has 0 bridgehead atoms. The van der Waals surface area contributed by atoms with Gasteiger partial charge in [-0.1, -0.05) is 36.9 Å². The van der Waals surface area contributed by atoms with Crippen LogP contribution in [0.1, 0.15) is 47.3 Å². The lowest BCUT2D eigenvalue weighted by Crippen LogP contribution is -2.40. The monoisotopic (exact) mass is 541 g/mol. The number of pyridine rings is 1. The Hall–Kier alpha value is -3.23. The number of anilines is 1. The molecule has 1 amide bonds. The minimum Gasteiger partial charge on any atom is -0.496 e. The maximum absolute atomic E-state index is 14.5. The molecule has 0 saturated heterocycles. The molecule has 0 aliphatic heterocycles. The van der Waals surface area contributed by atoms with E-state index in [9.17, 15) is 13.6 Å². The minimum atomic E-state index is -0.646. The summed E-state index contributed by atoms with van der Waals surface area (Å²) >= 11 is 7.40. The van der Waals surface area contributed by atoms with E-state index in [1.807, 2.05) is 24.3 Å². The SMILES string of the molecule is COc1ccc(-c2ccc(N)nc2)cc1CN(C(=O)c1sc2c(F)ccc(F)c2c1Cl)C1CCCCC1. The highest BCUT2D eigenvalue weighted by Crippen LogP contribution is 2.40. The van der Waals surface area contributed by atoms with Gasteiger partial charge >= 0.3 is 0 Å². The maximum atomic E-state index is 14.5. The van der Waals surface area contributed by atoms with Crippen LogP contribution in [-0.4, -0.2) is 28.9 Å². The van der Waals surface area contributed by atoms with Crippen LogP contribution in [0, 0.1) is 11.6 Å². The molecule has 1 aliphatic rings. The number of ether oxygens (including phenoxy) is 1. The number of fused-ring (bicyclic) bond motifs is 1. The first-order chi connectivity index (χ1) is 17.9. The molecule has 0 spiro atoms. The van der Waals surface area contributed by atoms with Crippen LogP contribution in [0.25, 0.3) is 21.2 Å². The minimum absolute atomic E-state index is 0.0243. The Kier molecular flexibility index (Phi) is 7.31. The van der Waals surface area contributed by atoms with Crippen LogP contribution < -0.4 is 10.5 Å². The number of amides is 1. The summed E-state index contributed by atoms with van der Waals surface area (Å²) in [7, 11) is 1.59. The third-order valence-corrected chi connectivity index (χ3v) is 8.57. The molecule has 5 rings (SSSR count). The van der Waals surface area contributed by atoms with Crippen LogP contribution in [0.5, 0.6) is 5.75 Å². The van der Waals surface area contributed by atoms with Crippen LogP contribution in [0.3, 0.4) is 0 Å². The first kappa shape index (κ1) is 25.4. The quantitative estimate of drug-likeness (QED) is 0.275. The number of nitrogens with two attached hydrogens (primary N) is 1. The second-order valence-corrected chi connectivity index (χ2v) is 10.6. The van der Waals surface area contributed by atoms with Gasteiger partial charge in [0, 0.05) is 29.9 Å². The zero-order valence-corrected chi connectivity index (χ0v) is 21.8. The van der Waals surface area contributed by atoms with Crippen LogP contribution in [-0.2, 0) is 6.54 Å². The topological polar surface area (TPSA) is 68.5 Å². The number of rotatable bonds is 6.